The van der Waals surface area contributed by atoms with E-state index in [0.717, 1.165) is 11.3 Å². The van der Waals surface area contributed by atoms with Gasteiger partial charge in [0.1, 0.15) is 5.75 Å². The van der Waals surface area contributed by atoms with Crippen molar-refractivity contribution >= 4 is 27.5 Å². The Kier molecular flexibility index (Phi) is 7.35. The number of nitrogens with two attached hydrogens (primary N) is 1. The molecule has 0 saturated carbocycles. The summed E-state index contributed by atoms with van der Waals surface area (Å²) in [7, 11) is -3.73. The number of para-hydroxylation sites is 2. The molecule has 0 radical (unpaired) electrons. The number of carbonyl (C=O) groups excluding carboxylic acids is 2. The van der Waals surface area contributed by atoms with Gasteiger partial charge < -0.3 is 24.6 Å². The van der Waals surface area contributed by atoms with Crippen LogP contribution in [0.15, 0.2) is 53.4 Å². The Bertz CT molecular complexity index is 1130. The fourth-order valence-electron chi connectivity index (χ4n) is 3.99. The molecule has 34 heavy (non-hydrogen) atoms. The van der Waals surface area contributed by atoms with Crippen molar-refractivity contribution in [3.05, 3.63) is 54.1 Å². The second-order valence-corrected chi connectivity index (χ2v) is 9.74. The number of nitrogens with one attached hydrogen (secondary N) is 1. The normalized spacial score (nSPS) is 18.1. The zero-order valence-corrected chi connectivity index (χ0v) is 19.5. The molecule has 3 N–H and O–H groups in total. The number of amides is 2. The van der Waals surface area contributed by atoms with E-state index >= 15 is 0 Å². The molecule has 2 aromatic carbocycles. The summed E-state index contributed by atoms with van der Waals surface area (Å²) in [6.45, 7) is 2.80. The van der Waals surface area contributed by atoms with Crippen molar-refractivity contribution in [2.45, 2.75) is 17.4 Å². The van der Waals surface area contributed by atoms with Crippen LogP contribution >= 0.6 is 0 Å². The zero-order valence-electron chi connectivity index (χ0n) is 18.7. The predicted molar refractivity (Wildman–Crippen MR) is 125 cm³/mol. The molecule has 1 unspecified atom stereocenters. The molecule has 182 valence electrons. The highest BCUT2D eigenvalue weighted by Crippen LogP contribution is 2.33. The minimum atomic E-state index is -3.73. The van der Waals surface area contributed by atoms with Crippen LogP contribution in [0.5, 0.6) is 5.75 Å². The van der Waals surface area contributed by atoms with E-state index in [1.807, 2.05) is 23.1 Å². The smallest absolute Gasteiger partial charge is 0.265 e. The summed E-state index contributed by atoms with van der Waals surface area (Å²) in [5.41, 5.74) is 1.64. The Balaban J connectivity index is 1.34. The summed E-state index contributed by atoms with van der Waals surface area (Å²) in [6.07, 6.45) is -0.160. The Hall–Kier alpha value is -3.15. The number of hydrogen-bond acceptors (Lipinski definition) is 7. The first-order valence-electron chi connectivity index (χ1n) is 11.1. The van der Waals surface area contributed by atoms with E-state index < -0.39 is 16.1 Å². The Morgan fingerprint density at radius 1 is 1.06 bits per heavy atom. The molecule has 2 aromatic rings. The number of sulfonamides is 1. The highest BCUT2D eigenvalue weighted by atomic mass is 32.2. The van der Waals surface area contributed by atoms with Gasteiger partial charge in [-0.25, -0.2) is 13.6 Å². The number of anilines is 1. The number of primary sulfonamides is 1. The molecule has 2 aliphatic heterocycles. The summed E-state index contributed by atoms with van der Waals surface area (Å²) in [6, 6.07) is 13.6. The maximum absolute atomic E-state index is 13.0. The molecule has 4 rings (SSSR count). The van der Waals surface area contributed by atoms with E-state index in [9.17, 15) is 18.0 Å². The minimum Gasteiger partial charge on any atom is -0.477 e. The van der Waals surface area contributed by atoms with Gasteiger partial charge in [-0.1, -0.05) is 24.3 Å². The van der Waals surface area contributed by atoms with Crippen LogP contribution in [-0.2, 0) is 30.8 Å². The molecule has 2 aliphatic rings. The van der Waals surface area contributed by atoms with E-state index in [1.165, 1.54) is 12.1 Å². The van der Waals surface area contributed by atoms with Gasteiger partial charge in [-0.15, -0.1) is 0 Å². The molecule has 0 aromatic heterocycles. The third kappa shape index (κ3) is 5.85. The Labute approximate surface area is 198 Å². The predicted octanol–water partition coefficient (Wildman–Crippen LogP) is 0.119. The third-order valence-electron chi connectivity index (χ3n) is 5.78. The van der Waals surface area contributed by atoms with Crippen molar-refractivity contribution in [3.8, 4) is 5.75 Å². The van der Waals surface area contributed by atoms with Crippen LogP contribution in [0.25, 0.3) is 0 Å². The van der Waals surface area contributed by atoms with E-state index in [1.54, 1.807) is 23.1 Å². The van der Waals surface area contributed by atoms with Crippen LogP contribution in [0.2, 0.25) is 0 Å². The van der Waals surface area contributed by atoms with Gasteiger partial charge in [-0.3, -0.25) is 9.59 Å². The number of benzene rings is 2. The van der Waals surface area contributed by atoms with Crippen molar-refractivity contribution in [2.24, 2.45) is 5.14 Å². The van der Waals surface area contributed by atoms with Gasteiger partial charge in [0.2, 0.25) is 15.9 Å². The van der Waals surface area contributed by atoms with Crippen LogP contribution in [0, 0.1) is 0 Å². The number of ether oxygens (including phenoxy) is 2. The number of hydrogen-bond donors (Lipinski definition) is 2. The number of morpholine rings is 1. The largest absolute Gasteiger partial charge is 0.477 e. The first-order valence-corrected chi connectivity index (χ1v) is 12.6. The number of rotatable bonds is 7. The highest BCUT2D eigenvalue weighted by molar-refractivity contribution is 7.89. The van der Waals surface area contributed by atoms with Gasteiger partial charge in [-0.05, 0) is 36.2 Å². The molecule has 1 atom stereocenters. The minimum absolute atomic E-state index is 0.0486. The van der Waals surface area contributed by atoms with Gasteiger partial charge in [0.05, 0.1) is 36.9 Å². The molecule has 1 saturated heterocycles. The zero-order chi connectivity index (χ0) is 24.1. The van der Waals surface area contributed by atoms with Crippen LogP contribution in [0.4, 0.5) is 5.69 Å². The molecule has 2 amide bonds. The summed E-state index contributed by atoms with van der Waals surface area (Å²) >= 11 is 0. The van der Waals surface area contributed by atoms with Gasteiger partial charge in [-0.2, -0.15) is 0 Å². The fraction of sp³-hybridized carbons (Fsp3) is 0.391. The lowest BCUT2D eigenvalue weighted by molar-refractivity contribution is -0.142. The van der Waals surface area contributed by atoms with E-state index in [4.69, 9.17) is 14.6 Å². The quantitative estimate of drug-likeness (QED) is 0.566. The second-order valence-electron chi connectivity index (χ2n) is 8.18. The average Bonchev–Trinajstić information content (AvgIpc) is 2.84. The maximum Gasteiger partial charge on any atom is 0.265 e. The van der Waals surface area contributed by atoms with Crippen LogP contribution in [0.1, 0.15) is 5.56 Å². The molecule has 2 heterocycles. The Morgan fingerprint density at radius 2 is 1.76 bits per heavy atom. The number of carbonyl (C=O) groups is 2. The molecule has 1 fully saturated rings. The van der Waals surface area contributed by atoms with Crippen molar-refractivity contribution < 1.29 is 27.5 Å². The van der Waals surface area contributed by atoms with Crippen molar-refractivity contribution in [1.82, 2.24) is 10.2 Å². The van der Waals surface area contributed by atoms with E-state index in [0.29, 0.717) is 45.0 Å². The van der Waals surface area contributed by atoms with Gasteiger partial charge in [0.15, 0.2) is 6.10 Å². The molecule has 0 spiro atoms. The number of fused-ring (bicyclic) bond motifs is 1. The van der Waals surface area contributed by atoms with E-state index in [2.05, 4.69) is 5.32 Å². The number of nitrogens with zero attached hydrogens (tertiary/aromatic N) is 2. The van der Waals surface area contributed by atoms with Crippen LogP contribution < -0.4 is 20.1 Å². The lowest BCUT2D eigenvalue weighted by Crippen LogP contribution is -2.54. The van der Waals surface area contributed by atoms with Gasteiger partial charge in [0, 0.05) is 19.6 Å². The molecular weight excluding hydrogens is 460 g/mol. The fourth-order valence-corrected chi connectivity index (χ4v) is 4.51. The monoisotopic (exact) mass is 488 g/mol. The lowest BCUT2D eigenvalue weighted by Gasteiger charge is -2.38. The first-order chi connectivity index (χ1) is 16.3. The van der Waals surface area contributed by atoms with Crippen molar-refractivity contribution in [2.75, 3.05) is 50.8 Å². The Morgan fingerprint density at radius 3 is 2.47 bits per heavy atom. The average molecular weight is 489 g/mol. The van der Waals surface area contributed by atoms with Gasteiger partial charge >= 0.3 is 0 Å². The first kappa shape index (κ1) is 24.0. The lowest BCUT2D eigenvalue weighted by atomic mass is 10.1. The standard InChI is InChI=1S/C23H28N4O6S/c24-34(30,31)18-7-5-17(6-8-18)9-10-25-22(28)16-27-15-21(23(29)26-11-13-32-14-12-26)33-20-4-2-1-3-19(20)27/h1-8,21H,9-16H2,(H,25,28)(H2,24,30,31). The molecule has 10 nitrogen and oxygen atoms in total. The SMILES string of the molecule is NS(=O)(=O)c1ccc(CCNC(=O)CN2CC(C(=O)N3CCOCC3)Oc3ccccc32)cc1. The topological polar surface area (TPSA) is 131 Å². The second kappa shape index (κ2) is 10.4. The summed E-state index contributed by atoms with van der Waals surface area (Å²) in [5, 5.41) is 8.00. The molecule has 11 heteroatoms. The van der Waals surface area contributed by atoms with Crippen LogP contribution in [-0.4, -0.2) is 77.2 Å². The third-order valence-corrected chi connectivity index (χ3v) is 6.71. The van der Waals surface area contributed by atoms with Crippen molar-refractivity contribution in [3.63, 3.8) is 0 Å². The summed E-state index contributed by atoms with van der Waals surface area (Å²) in [4.78, 5) is 29.3. The molecular formula is C23H28N4O6S. The van der Waals surface area contributed by atoms with E-state index in [-0.39, 0.29) is 29.8 Å². The molecule has 0 bridgehead atoms. The van der Waals surface area contributed by atoms with Crippen molar-refractivity contribution in [1.29, 1.82) is 0 Å². The van der Waals surface area contributed by atoms with Crippen LogP contribution in [0.3, 0.4) is 0 Å². The maximum atomic E-state index is 13.0. The molecule has 0 aliphatic carbocycles. The van der Waals surface area contributed by atoms with Gasteiger partial charge in [0.25, 0.3) is 5.91 Å². The summed E-state index contributed by atoms with van der Waals surface area (Å²) < 4.78 is 34.0. The summed E-state index contributed by atoms with van der Waals surface area (Å²) in [5.74, 6) is 0.282. The highest BCUT2D eigenvalue weighted by Gasteiger charge is 2.34.